The largest absolute Gasteiger partial charge is 0.481 e. The highest BCUT2D eigenvalue weighted by Crippen LogP contribution is 2.19. The molecule has 1 unspecified atom stereocenters. The Morgan fingerprint density at radius 3 is 2.67 bits per heavy atom. The number of amides is 1. The van der Waals surface area contributed by atoms with Gasteiger partial charge in [-0.05, 0) is 31.4 Å². The molecule has 0 heterocycles. The third-order valence-electron chi connectivity index (χ3n) is 3.11. The summed E-state index contributed by atoms with van der Waals surface area (Å²) in [6, 6.07) is 4.34. The number of nitro benzene ring substituents is 1. The van der Waals surface area contributed by atoms with E-state index in [0.717, 1.165) is 5.56 Å². The molecule has 1 amide bonds. The average molecular weight is 294 g/mol. The smallest absolute Gasteiger partial charge is 0.306 e. The van der Waals surface area contributed by atoms with E-state index in [0.29, 0.717) is 12.8 Å². The summed E-state index contributed by atoms with van der Waals surface area (Å²) in [5.74, 6) is -1.88. The van der Waals surface area contributed by atoms with Crippen molar-refractivity contribution in [2.45, 2.75) is 26.7 Å². The maximum Gasteiger partial charge on any atom is 0.306 e. The Bertz CT molecular complexity index is 556. The molecule has 0 spiro atoms. The van der Waals surface area contributed by atoms with Gasteiger partial charge >= 0.3 is 5.97 Å². The molecule has 21 heavy (non-hydrogen) atoms. The molecule has 0 aliphatic rings. The molecule has 1 aromatic rings. The Hall–Kier alpha value is -2.44. The number of nitro groups is 1. The first kappa shape index (κ1) is 16.6. The molecule has 2 N–H and O–H groups in total. The summed E-state index contributed by atoms with van der Waals surface area (Å²) >= 11 is 0. The van der Waals surface area contributed by atoms with Crippen molar-refractivity contribution in [2.24, 2.45) is 5.92 Å². The minimum absolute atomic E-state index is 0.0197. The summed E-state index contributed by atoms with van der Waals surface area (Å²) in [5, 5.41) is 22.2. The lowest BCUT2D eigenvalue weighted by Crippen LogP contribution is -2.26. The number of carboxylic acids is 1. The minimum Gasteiger partial charge on any atom is -0.481 e. The highest BCUT2D eigenvalue weighted by Gasteiger charge is 2.19. The van der Waals surface area contributed by atoms with Gasteiger partial charge in [-0.25, -0.2) is 0 Å². The number of hydrogen-bond acceptors (Lipinski definition) is 4. The van der Waals surface area contributed by atoms with Gasteiger partial charge in [-0.2, -0.15) is 0 Å². The number of nitrogens with zero attached hydrogens (tertiary/aromatic N) is 1. The Labute approximate surface area is 122 Å². The zero-order valence-corrected chi connectivity index (χ0v) is 12.0. The second-order valence-corrected chi connectivity index (χ2v) is 4.92. The number of rotatable bonds is 7. The Morgan fingerprint density at radius 1 is 1.43 bits per heavy atom. The number of aryl methyl sites for hydroxylation is 1. The van der Waals surface area contributed by atoms with E-state index in [-0.39, 0.29) is 17.8 Å². The van der Waals surface area contributed by atoms with Crippen LogP contribution in [-0.2, 0) is 4.79 Å². The van der Waals surface area contributed by atoms with Gasteiger partial charge in [0.25, 0.3) is 11.6 Å². The first-order valence-corrected chi connectivity index (χ1v) is 6.59. The zero-order valence-electron chi connectivity index (χ0n) is 12.0. The van der Waals surface area contributed by atoms with Crippen LogP contribution < -0.4 is 5.32 Å². The number of nitrogens with one attached hydrogen (secondary N) is 1. The van der Waals surface area contributed by atoms with E-state index in [1.807, 2.05) is 0 Å². The molecular formula is C14H18N2O5. The van der Waals surface area contributed by atoms with Crippen LogP contribution in [0.2, 0.25) is 0 Å². The van der Waals surface area contributed by atoms with Crippen LogP contribution in [0.25, 0.3) is 0 Å². The molecular weight excluding hydrogens is 276 g/mol. The van der Waals surface area contributed by atoms with Gasteiger partial charge in [0, 0.05) is 12.6 Å². The van der Waals surface area contributed by atoms with E-state index >= 15 is 0 Å². The summed E-state index contributed by atoms with van der Waals surface area (Å²) in [4.78, 5) is 32.9. The molecule has 7 heteroatoms. The van der Waals surface area contributed by atoms with Crippen LogP contribution in [0.15, 0.2) is 18.2 Å². The number of carbonyl (C=O) groups is 2. The summed E-state index contributed by atoms with van der Waals surface area (Å²) < 4.78 is 0. The quantitative estimate of drug-likeness (QED) is 0.455. The van der Waals surface area contributed by atoms with Crippen LogP contribution in [0, 0.1) is 23.0 Å². The lowest BCUT2D eigenvalue weighted by Gasteiger charge is -2.08. The van der Waals surface area contributed by atoms with Gasteiger partial charge in [0.1, 0.15) is 5.56 Å². The second kappa shape index (κ2) is 7.37. The SMILES string of the molecule is Cc1ccc([N+](=O)[O-])c(C(=O)NCCCC(C)C(=O)O)c1. The van der Waals surface area contributed by atoms with E-state index in [9.17, 15) is 19.7 Å². The molecule has 0 aliphatic heterocycles. The fourth-order valence-electron chi connectivity index (χ4n) is 1.82. The van der Waals surface area contributed by atoms with Crippen molar-refractivity contribution in [3.8, 4) is 0 Å². The van der Waals surface area contributed by atoms with E-state index in [1.165, 1.54) is 12.1 Å². The van der Waals surface area contributed by atoms with Crippen LogP contribution in [0.4, 0.5) is 5.69 Å². The third kappa shape index (κ3) is 4.87. The Kier molecular flexibility index (Phi) is 5.83. The maximum atomic E-state index is 12.0. The van der Waals surface area contributed by atoms with Crippen LogP contribution >= 0.6 is 0 Å². The molecule has 0 aliphatic carbocycles. The van der Waals surface area contributed by atoms with Crippen molar-refractivity contribution in [3.63, 3.8) is 0 Å². The normalized spacial score (nSPS) is 11.7. The van der Waals surface area contributed by atoms with Crippen LogP contribution in [0.5, 0.6) is 0 Å². The predicted molar refractivity (Wildman–Crippen MR) is 76.2 cm³/mol. The van der Waals surface area contributed by atoms with E-state index in [1.54, 1.807) is 19.9 Å². The topological polar surface area (TPSA) is 110 Å². The molecule has 1 aromatic carbocycles. The lowest BCUT2D eigenvalue weighted by atomic mass is 10.1. The molecule has 1 atom stereocenters. The third-order valence-corrected chi connectivity index (χ3v) is 3.11. The van der Waals surface area contributed by atoms with Gasteiger partial charge in [0.15, 0.2) is 0 Å². The first-order chi connectivity index (χ1) is 9.82. The number of carbonyl (C=O) groups excluding carboxylic acids is 1. The maximum absolute atomic E-state index is 12.0. The summed E-state index contributed by atoms with van der Waals surface area (Å²) in [7, 11) is 0. The van der Waals surface area contributed by atoms with Crippen molar-refractivity contribution in [1.82, 2.24) is 5.32 Å². The average Bonchev–Trinajstić information content (AvgIpc) is 2.42. The van der Waals surface area contributed by atoms with E-state index in [4.69, 9.17) is 5.11 Å². The van der Waals surface area contributed by atoms with Crippen molar-refractivity contribution in [2.75, 3.05) is 6.54 Å². The van der Waals surface area contributed by atoms with E-state index < -0.39 is 22.7 Å². The summed E-state index contributed by atoms with van der Waals surface area (Å²) in [5.41, 5.74) is 0.536. The number of benzene rings is 1. The molecule has 0 bridgehead atoms. The molecule has 114 valence electrons. The monoisotopic (exact) mass is 294 g/mol. The Morgan fingerprint density at radius 2 is 2.10 bits per heavy atom. The molecule has 0 saturated carbocycles. The van der Waals surface area contributed by atoms with Crippen LogP contribution in [0.1, 0.15) is 35.7 Å². The summed E-state index contributed by atoms with van der Waals surface area (Å²) in [6.45, 7) is 3.62. The second-order valence-electron chi connectivity index (χ2n) is 4.92. The Balaban J connectivity index is 2.62. The number of carboxylic acid groups (broad SMARTS) is 1. The molecule has 0 saturated heterocycles. The predicted octanol–water partition coefficient (Wildman–Crippen LogP) is 2.13. The molecule has 7 nitrogen and oxygen atoms in total. The minimum atomic E-state index is -0.879. The lowest BCUT2D eigenvalue weighted by molar-refractivity contribution is -0.385. The standard InChI is InChI=1S/C14H18N2O5/c1-9-5-6-12(16(20)21)11(8-9)13(17)15-7-3-4-10(2)14(18)19/h5-6,8,10H,3-4,7H2,1-2H3,(H,15,17)(H,18,19). The van der Waals surface area contributed by atoms with Gasteiger partial charge in [-0.1, -0.05) is 13.0 Å². The molecule has 0 fully saturated rings. The molecule has 1 rings (SSSR count). The number of hydrogen-bond donors (Lipinski definition) is 2. The molecule has 0 radical (unpaired) electrons. The van der Waals surface area contributed by atoms with Crippen molar-refractivity contribution < 1.29 is 19.6 Å². The highest BCUT2D eigenvalue weighted by atomic mass is 16.6. The van der Waals surface area contributed by atoms with Gasteiger partial charge in [0.05, 0.1) is 10.8 Å². The van der Waals surface area contributed by atoms with Gasteiger partial charge in [0.2, 0.25) is 0 Å². The van der Waals surface area contributed by atoms with Crippen LogP contribution in [0.3, 0.4) is 0 Å². The first-order valence-electron chi connectivity index (χ1n) is 6.59. The fraction of sp³-hybridized carbons (Fsp3) is 0.429. The number of aliphatic carboxylic acids is 1. The van der Waals surface area contributed by atoms with Gasteiger partial charge < -0.3 is 10.4 Å². The van der Waals surface area contributed by atoms with Crippen LogP contribution in [-0.4, -0.2) is 28.5 Å². The van der Waals surface area contributed by atoms with Gasteiger partial charge in [-0.3, -0.25) is 19.7 Å². The highest BCUT2D eigenvalue weighted by molar-refractivity contribution is 5.98. The summed E-state index contributed by atoms with van der Waals surface area (Å²) in [6.07, 6.45) is 0.935. The zero-order chi connectivity index (χ0) is 16.0. The van der Waals surface area contributed by atoms with Gasteiger partial charge in [-0.15, -0.1) is 0 Å². The van der Waals surface area contributed by atoms with Crippen molar-refractivity contribution in [1.29, 1.82) is 0 Å². The fourth-order valence-corrected chi connectivity index (χ4v) is 1.82. The van der Waals surface area contributed by atoms with Crippen molar-refractivity contribution >= 4 is 17.6 Å². The molecule has 0 aromatic heterocycles. The van der Waals surface area contributed by atoms with Crippen molar-refractivity contribution in [3.05, 3.63) is 39.4 Å². The van der Waals surface area contributed by atoms with E-state index in [2.05, 4.69) is 5.32 Å².